The molecule has 0 aliphatic rings. The minimum absolute atomic E-state index is 0.241. The van der Waals surface area contributed by atoms with E-state index in [1.807, 2.05) is 13.0 Å². The lowest BCUT2D eigenvalue weighted by Gasteiger charge is -2.06. The van der Waals surface area contributed by atoms with Gasteiger partial charge in [-0.1, -0.05) is 24.0 Å². The molecule has 4 nitrogen and oxygen atoms in total. The molecule has 2 rings (SSSR count). The van der Waals surface area contributed by atoms with Crippen molar-refractivity contribution in [3.63, 3.8) is 0 Å². The van der Waals surface area contributed by atoms with Crippen LogP contribution in [-0.2, 0) is 0 Å². The summed E-state index contributed by atoms with van der Waals surface area (Å²) in [6, 6.07) is 10.6. The number of aliphatic hydroxyl groups excluding tert-OH is 1. The van der Waals surface area contributed by atoms with Gasteiger partial charge < -0.3 is 10.4 Å². The molecule has 20 heavy (non-hydrogen) atoms. The number of nitrogens with zero attached hydrogens (tertiary/aromatic N) is 1. The van der Waals surface area contributed by atoms with Crippen LogP contribution in [0.25, 0.3) is 0 Å². The van der Waals surface area contributed by atoms with Crippen molar-refractivity contribution in [1.29, 1.82) is 0 Å². The Labute approximate surface area is 117 Å². The third-order valence-corrected chi connectivity index (χ3v) is 2.63. The van der Waals surface area contributed by atoms with E-state index < -0.39 is 0 Å². The lowest BCUT2D eigenvalue weighted by molar-refractivity contribution is 0.102. The fraction of sp³-hybridized carbons (Fsp3) is 0.125. The molecule has 0 atom stereocenters. The van der Waals surface area contributed by atoms with Crippen LogP contribution in [0.5, 0.6) is 0 Å². The highest BCUT2D eigenvalue weighted by Crippen LogP contribution is 2.11. The van der Waals surface area contributed by atoms with Gasteiger partial charge in [0.25, 0.3) is 5.91 Å². The molecule has 0 spiro atoms. The highest BCUT2D eigenvalue weighted by molar-refractivity contribution is 6.05. The second kappa shape index (κ2) is 6.50. The van der Waals surface area contributed by atoms with E-state index in [1.54, 1.807) is 36.5 Å². The summed E-state index contributed by atoms with van der Waals surface area (Å²) in [6.07, 6.45) is 1.64. The number of carbonyl (C=O) groups excluding carboxylic acids is 1. The predicted molar refractivity (Wildman–Crippen MR) is 77.3 cm³/mol. The Kier molecular flexibility index (Phi) is 4.48. The minimum Gasteiger partial charge on any atom is -0.384 e. The Hall–Kier alpha value is -2.64. The number of carbonyl (C=O) groups is 1. The second-order valence-electron chi connectivity index (χ2n) is 4.18. The number of hydrogen-bond donors (Lipinski definition) is 2. The fourth-order valence-corrected chi connectivity index (χ4v) is 1.71. The van der Waals surface area contributed by atoms with E-state index in [-0.39, 0.29) is 12.5 Å². The molecule has 0 fully saturated rings. The molecule has 1 aromatic heterocycles. The van der Waals surface area contributed by atoms with Crippen molar-refractivity contribution < 1.29 is 9.90 Å². The first kappa shape index (κ1) is 13.8. The van der Waals surface area contributed by atoms with Crippen molar-refractivity contribution in [2.75, 3.05) is 11.9 Å². The molecular weight excluding hydrogens is 252 g/mol. The van der Waals surface area contributed by atoms with Crippen molar-refractivity contribution >= 4 is 11.7 Å². The quantitative estimate of drug-likeness (QED) is 0.817. The number of aryl methyl sites for hydroxylation is 1. The summed E-state index contributed by atoms with van der Waals surface area (Å²) in [5, 5.41) is 11.5. The maximum absolute atomic E-state index is 12.2. The van der Waals surface area contributed by atoms with Gasteiger partial charge >= 0.3 is 0 Å². The number of rotatable bonds is 2. The van der Waals surface area contributed by atoms with Crippen LogP contribution in [0.3, 0.4) is 0 Å². The molecule has 0 bridgehead atoms. The molecule has 4 heteroatoms. The SMILES string of the molecule is Cc1ccnc(NC(=O)c2ccccc2C#CCO)c1. The molecule has 1 heterocycles. The maximum atomic E-state index is 12.2. The first-order chi connectivity index (χ1) is 9.70. The second-order valence-corrected chi connectivity index (χ2v) is 4.18. The van der Waals surface area contributed by atoms with E-state index in [0.717, 1.165) is 5.56 Å². The lowest BCUT2D eigenvalue weighted by Crippen LogP contribution is -2.14. The molecular formula is C16H14N2O2. The molecule has 0 saturated heterocycles. The summed E-state index contributed by atoms with van der Waals surface area (Å²) in [5.41, 5.74) is 2.05. The van der Waals surface area contributed by atoms with Crippen LogP contribution in [-0.4, -0.2) is 22.6 Å². The standard InChI is InChI=1S/C16H14N2O2/c1-12-8-9-17-15(11-12)18-16(20)14-7-3-2-5-13(14)6-4-10-19/h2-3,5,7-9,11,19H,10H2,1H3,(H,17,18,20). The smallest absolute Gasteiger partial charge is 0.258 e. The van der Waals surface area contributed by atoms with Crippen molar-refractivity contribution in [2.24, 2.45) is 0 Å². The summed E-state index contributed by atoms with van der Waals surface area (Å²) < 4.78 is 0. The van der Waals surface area contributed by atoms with Gasteiger partial charge in [0.05, 0.1) is 5.56 Å². The van der Waals surface area contributed by atoms with Gasteiger partial charge in [-0.2, -0.15) is 0 Å². The summed E-state index contributed by atoms with van der Waals surface area (Å²) in [7, 11) is 0. The molecule has 0 aliphatic carbocycles. The zero-order valence-electron chi connectivity index (χ0n) is 11.1. The van der Waals surface area contributed by atoms with E-state index in [4.69, 9.17) is 5.11 Å². The van der Waals surface area contributed by atoms with Crippen molar-refractivity contribution in [3.8, 4) is 11.8 Å². The highest BCUT2D eigenvalue weighted by atomic mass is 16.2. The zero-order chi connectivity index (χ0) is 14.4. The Balaban J connectivity index is 2.25. The van der Waals surface area contributed by atoms with Gasteiger partial charge in [-0.3, -0.25) is 4.79 Å². The van der Waals surface area contributed by atoms with Crippen molar-refractivity contribution in [2.45, 2.75) is 6.92 Å². The van der Waals surface area contributed by atoms with Gasteiger partial charge in [0.1, 0.15) is 12.4 Å². The number of anilines is 1. The van der Waals surface area contributed by atoms with E-state index in [0.29, 0.717) is 16.9 Å². The van der Waals surface area contributed by atoms with Crippen LogP contribution in [0.1, 0.15) is 21.5 Å². The third kappa shape index (κ3) is 3.44. The maximum Gasteiger partial charge on any atom is 0.258 e. The fourth-order valence-electron chi connectivity index (χ4n) is 1.71. The topological polar surface area (TPSA) is 62.2 Å². The van der Waals surface area contributed by atoms with Crippen LogP contribution in [0.2, 0.25) is 0 Å². The summed E-state index contributed by atoms with van der Waals surface area (Å²) in [4.78, 5) is 16.3. The van der Waals surface area contributed by atoms with Gasteiger partial charge in [-0.25, -0.2) is 4.98 Å². The van der Waals surface area contributed by atoms with E-state index >= 15 is 0 Å². The summed E-state index contributed by atoms with van der Waals surface area (Å²) in [6.45, 7) is 1.69. The molecule has 1 aromatic carbocycles. The van der Waals surface area contributed by atoms with E-state index in [9.17, 15) is 4.79 Å². The van der Waals surface area contributed by atoms with Crippen LogP contribution in [0.4, 0.5) is 5.82 Å². The molecule has 100 valence electrons. The van der Waals surface area contributed by atoms with Crippen molar-refractivity contribution in [1.82, 2.24) is 4.98 Å². The number of aromatic nitrogens is 1. The number of hydrogen-bond acceptors (Lipinski definition) is 3. The third-order valence-electron chi connectivity index (χ3n) is 2.63. The molecule has 0 saturated carbocycles. The first-order valence-corrected chi connectivity index (χ1v) is 6.13. The molecule has 2 aromatic rings. The Morgan fingerprint density at radius 2 is 2.15 bits per heavy atom. The summed E-state index contributed by atoms with van der Waals surface area (Å²) >= 11 is 0. The van der Waals surface area contributed by atoms with Gasteiger partial charge in [-0.15, -0.1) is 0 Å². The molecule has 0 radical (unpaired) electrons. The summed E-state index contributed by atoms with van der Waals surface area (Å²) in [5.74, 6) is 5.53. The minimum atomic E-state index is -0.272. The van der Waals surface area contributed by atoms with E-state index in [2.05, 4.69) is 22.1 Å². The van der Waals surface area contributed by atoms with E-state index in [1.165, 1.54) is 0 Å². The van der Waals surface area contributed by atoms with Gasteiger partial charge in [-0.05, 0) is 36.8 Å². The molecule has 2 N–H and O–H groups in total. The number of aliphatic hydroxyl groups is 1. The Bertz CT molecular complexity index is 684. The average Bonchev–Trinajstić information content (AvgIpc) is 2.45. The van der Waals surface area contributed by atoms with Gasteiger partial charge in [0, 0.05) is 11.8 Å². The van der Waals surface area contributed by atoms with Crippen LogP contribution >= 0.6 is 0 Å². The van der Waals surface area contributed by atoms with Gasteiger partial charge in [0.15, 0.2) is 0 Å². The van der Waals surface area contributed by atoms with Crippen LogP contribution in [0, 0.1) is 18.8 Å². The number of pyridine rings is 1. The molecule has 0 aliphatic heterocycles. The zero-order valence-corrected chi connectivity index (χ0v) is 11.1. The first-order valence-electron chi connectivity index (χ1n) is 6.13. The van der Waals surface area contributed by atoms with Crippen LogP contribution < -0.4 is 5.32 Å². The number of benzene rings is 1. The Morgan fingerprint density at radius 3 is 2.90 bits per heavy atom. The largest absolute Gasteiger partial charge is 0.384 e. The normalized spacial score (nSPS) is 9.50. The molecule has 1 amide bonds. The molecule has 0 unspecified atom stereocenters. The number of amides is 1. The van der Waals surface area contributed by atoms with Crippen molar-refractivity contribution in [3.05, 3.63) is 59.3 Å². The average molecular weight is 266 g/mol. The van der Waals surface area contributed by atoms with Crippen LogP contribution in [0.15, 0.2) is 42.6 Å². The monoisotopic (exact) mass is 266 g/mol. The number of nitrogens with one attached hydrogen (secondary N) is 1. The Morgan fingerprint density at radius 1 is 1.35 bits per heavy atom. The predicted octanol–water partition coefficient (Wildman–Crippen LogP) is 1.99. The highest BCUT2D eigenvalue weighted by Gasteiger charge is 2.10. The lowest BCUT2D eigenvalue weighted by atomic mass is 10.1. The van der Waals surface area contributed by atoms with Gasteiger partial charge in [0.2, 0.25) is 0 Å².